The Hall–Kier alpha value is -2.87. The maximum Gasteiger partial charge on any atom is 0.146 e. The molecule has 8 heteroatoms. The van der Waals surface area contributed by atoms with Crippen LogP contribution in [0.15, 0.2) is 37.1 Å². The summed E-state index contributed by atoms with van der Waals surface area (Å²) in [4.78, 5) is 4.28. The molecule has 0 aliphatic heterocycles. The first-order chi connectivity index (χ1) is 12.6. The van der Waals surface area contributed by atoms with Crippen molar-refractivity contribution in [3.63, 3.8) is 0 Å². The summed E-state index contributed by atoms with van der Waals surface area (Å²) in [6.07, 6.45) is 11.5. The molecule has 0 aromatic carbocycles. The molecule has 0 spiro atoms. The van der Waals surface area contributed by atoms with E-state index in [9.17, 15) is 0 Å². The van der Waals surface area contributed by atoms with Gasteiger partial charge >= 0.3 is 0 Å². The van der Waals surface area contributed by atoms with Crippen LogP contribution in [-0.2, 0) is 20.5 Å². The van der Waals surface area contributed by atoms with E-state index in [4.69, 9.17) is 5.73 Å². The highest BCUT2D eigenvalue weighted by molar-refractivity contribution is 5.72. The Morgan fingerprint density at radius 3 is 2.50 bits per heavy atom. The van der Waals surface area contributed by atoms with E-state index in [1.807, 2.05) is 49.6 Å². The van der Waals surface area contributed by atoms with Crippen molar-refractivity contribution in [2.45, 2.75) is 12.8 Å². The third-order valence-electron chi connectivity index (χ3n) is 4.15. The van der Waals surface area contributed by atoms with Crippen LogP contribution in [0.25, 0.3) is 11.1 Å². The molecule has 0 atom stereocenters. The minimum absolute atomic E-state index is 0.516. The van der Waals surface area contributed by atoms with Crippen molar-refractivity contribution in [1.82, 2.24) is 29.9 Å². The lowest BCUT2D eigenvalue weighted by Crippen LogP contribution is -2.20. The highest BCUT2D eigenvalue weighted by Crippen LogP contribution is 2.24. The normalized spacial score (nSPS) is 11.0. The zero-order valence-electron chi connectivity index (χ0n) is 15.3. The number of anilines is 2. The topological polar surface area (TPSA) is 98.6 Å². The van der Waals surface area contributed by atoms with E-state index in [-0.39, 0.29) is 0 Å². The number of nitrogen functional groups attached to an aromatic ring is 1. The van der Waals surface area contributed by atoms with Crippen LogP contribution in [0.1, 0.15) is 12.0 Å². The first-order valence-corrected chi connectivity index (χ1v) is 8.78. The minimum Gasteiger partial charge on any atom is -0.382 e. The van der Waals surface area contributed by atoms with Crippen molar-refractivity contribution < 1.29 is 0 Å². The van der Waals surface area contributed by atoms with E-state index < -0.39 is 0 Å². The number of rotatable bonds is 9. The number of pyridine rings is 1. The van der Waals surface area contributed by atoms with Crippen molar-refractivity contribution >= 4 is 11.5 Å². The van der Waals surface area contributed by atoms with Crippen LogP contribution in [0.5, 0.6) is 0 Å². The third kappa shape index (κ3) is 4.82. The van der Waals surface area contributed by atoms with E-state index in [0.29, 0.717) is 5.82 Å². The Morgan fingerprint density at radius 1 is 0.962 bits per heavy atom. The van der Waals surface area contributed by atoms with Crippen LogP contribution in [0.2, 0.25) is 0 Å². The predicted octanol–water partition coefficient (Wildman–Crippen LogP) is 1.43. The average Bonchev–Trinajstić information content (AvgIpc) is 3.24. The summed E-state index contributed by atoms with van der Waals surface area (Å²) in [5, 5.41) is 15.2. The van der Waals surface area contributed by atoms with Crippen molar-refractivity contribution in [3.05, 3.63) is 42.6 Å². The summed E-state index contributed by atoms with van der Waals surface area (Å²) in [5.74, 6) is 0.516. The Morgan fingerprint density at radius 2 is 1.77 bits per heavy atom. The van der Waals surface area contributed by atoms with Gasteiger partial charge in [-0.05, 0) is 37.6 Å². The second kappa shape index (κ2) is 8.48. The van der Waals surface area contributed by atoms with Gasteiger partial charge in [0.15, 0.2) is 0 Å². The molecule has 0 aliphatic rings. The molecule has 0 fully saturated rings. The van der Waals surface area contributed by atoms with E-state index in [0.717, 1.165) is 49.3 Å². The van der Waals surface area contributed by atoms with Crippen molar-refractivity contribution in [1.29, 1.82) is 0 Å². The van der Waals surface area contributed by atoms with Gasteiger partial charge in [0.2, 0.25) is 0 Å². The second-order valence-corrected chi connectivity index (χ2v) is 6.36. The highest BCUT2D eigenvalue weighted by atomic mass is 15.2. The number of nitrogens with zero attached hydrogens (tertiary/aromatic N) is 5. The van der Waals surface area contributed by atoms with E-state index in [2.05, 4.69) is 25.8 Å². The quantitative estimate of drug-likeness (QED) is 0.503. The van der Waals surface area contributed by atoms with Gasteiger partial charge in [0.05, 0.1) is 18.1 Å². The molecule has 3 aromatic heterocycles. The highest BCUT2D eigenvalue weighted by Gasteiger charge is 2.06. The molecule has 26 heavy (non-hydrogen) atoms. The van der Waals surface area contributed by atoms with Gasteiger partial charge in [-0.15, -0.1) is 0 Å². The SMILES string of the molecule is Cn1cc(CCNCCCNc2cc(-c3cnn(C)c3)cnc2N)cn1. The first kappa shape index (κ1) is 17.9. The molecule has 8 nitrogen and oxygen atoms in total. The fraction of sp³-hybridized carbons (Fsp3) is 0.389. The number of aromatic nitrogens is 5. The Bertz CT molecular complexity index is 835. The molecule has 0 saturated carbocycles. The molecule has 0 bridgehead atoms. The number of hydrogen-bond donors (Lipinski definition) is 3. The van der Waals surface area contributed by atoms with Gasteiger partial charge in [-0.3, -0.25) is 9.36 Å². The monoisotopic (exact) mass is 354 g/mol. The summed E-state index contributed by atoms with van der Waals surface area (Å²) in [6.45, 7) is 2.73. The van der Waals surface area contributed by atoms with Crippen LogP contribution in [0, 0.1) is 0 Å². The molecule has 0 saturated heterocycles. The molecule has 4 N–H and O–H groups in total. The lowest BCUT2D eigenvalue weighted by molar-refractivity contribution is 0.660. The summed E-state index contributed by atoms with van der Waals surface area (Å²) in [7, 11) is 3.83. The van der Waals surface area contributed by atoms with Gasteiger partial charge in [0.1, 0.15) is 5.82 Å². The molecule has 0 amide bonds. The van der Waals surface area contributed by atoms with Crippen molar-refractivity contribution in [2.75, 3.05) is 30.7 Å². The van der Waals surface area contributed by atoms with Gasteiger partial charge in [-0.2, -0.15) is 10.2 Å². The van der Waals surface area contributed by atoms with E-state index >= 15 is 0 Å². The summed E-state index contributed by atoms with van der Waals surface area (Å²) in [5.41, 5.74) is 10.1. The van der Waals surface area contributed by atoms with Gasteiger partial charge in [0.25, 0.3) is 0 Å². The predicted molar refractivity (Wildman–Crippen MR) is 104 cm³/mol. The lowest BCUT2D eigenvalue weighted by atomic mass is 10.1. The first-order valence-electron chi connectivity index (χ1n) is 8.78. The van der Waals surface area contributed by atoms with Crippen LogP contribution < -0.4 is 16.4 Å². The number of aryl methyl sites for hydroxylation is 2. The minimum atomic E-state index is 0.516. The fourth-order valence-electron chi connectivity index (χ4n) is 2.74. The molecule has 0 aliphatic carbocycles. The third-order valence-corrected chi connectivity index (χ3v) is 4.15. The summed E-state index contributed by atoms with van der Waals surface area (Å²) in [6, 6.07) is 2.02. The molecule has 0 radical (unpaired) electrons. The van der Waals surface area contributed by atoms with Crippen molar-refractivity contribution in [2.24, 2.45) is 14.1 Å². The Balaban J connectivity index is 1.40. The number of nitrogens with one attached hydrogen (secondary N) is 2. The lowest BCUT2D eigenvalue weighted by Gasteiger charge is -2.10. The average molecular weight is 354 g/mol. The molecule has 138 valence electrons. The van der Waals surface area contributed by atoms with Gasteiger partial charge < -0.3 is 16.4 Å². The van der Waals surface area contributed by atoms with E-state index in [1.54, 1.807) is 10.9 Å². The summed E-state index contributed by atoms with van der Waals surface area (Å²) >= 11 is 0. The second-order valence-electron chi connectivity index (χ2n) is 6.36. The maximum absolute atomic E-state index is 5.98. The van der Waals surface area contributed by atoms with E-state index in [1.165, 1.54) is 5.56 Å². The zero-order chi connectivity index (χ0) is 18.4. The standard InChI is InChI=1S/C18H26N8/c1-25-12-14(9-23-25)4-7-20-5-3-6-21-17-8-15(10-22-18(17)19)16-11-24-26(2)13-16/h8-13,20-21H,3-7H2,1-2H3,(H2,19,22). The molecule has 0 unspecified atom stereocenters. The largest absolute Gasteiger partial charge is 0.382 e. The van der Waals surface area contributed by atoms with Gasteiger partial charge in [-0.25, -0.2) is 4.98 Å². The molecular formula is C18H26N8. The smallest absolute Gasteiger partial charge is 0.146 e. The number of hydrogen-bond acceptors (Lipinski definition) is 6. The number of nitrogens with two attached hydrogens (primary N) is 1. The van der Waals surface area contributed by atoms with Crippen molar-refractivity contribution in [3.8, 4) is 11.1 Å². The molecular weight excluding hydrogens is 328 g/mol. The van der Waals surface area contributed by atoms with Crippen LogP contribution in [-0.4, -0.2) is 44.2 Å². The molecule has 3 aromatic rings. The van der Waals surface area contributed by atoms with Gasteiger partial charge in [0, 0.05) is 50.4 Å². The van der Waals surface area contributed by atoms with Crippen LogP contribution in [0.4, 0.5) is 11.5 Å². The summed E-state index contributed by atoms with van der Waals surface area (Å²) < 4.78 is 3.60. The molecule has 3 heterocycles. The zero-order valence-corrected chi connectivity index (χ0v) is 15.3. The Kier molecular flexibility index (Phi) is 5.85. The molecule has 3 rings (SSSR count). The maximum atomic E-state index is 5.98. The van der Waals surface area contributed by atoms with Crippen LogP contribution >= 0.6 is 0 Å². The van der Waals surface area contributed by atoms with Gasteiger partial charge in [-0.1, -0.05) is 0 Å². The Labute approximate surface area is 153 Å². The van der Waals surface area contributed by atoms with Crippen LogP contribution in [0.3, 0.4) is 0 Å². The fourth-order valence-corrected chi connectivity index (χ4v) is 2.74.